The number of amides is 1. The van der Waals surface area contributed by atoms with Gasteiger partial charge in [0.1, 0.15) is 0 Å². The molecule has 6 heteroatoms. The Bertz CT molecular complexity index is 1230. The molecule has 4 rings (SSSR count). The molecule has 32 heavy (non-hydrogen) atoms. The van der Waals surface area contributed by atoms with Crippen LogP contribution in [-0.2, 0) is 12.3 Å². The van der Waals surface area contributed by atoms with E-state index in [1.807, 2.05) is 35.8 Å². The molecule has 1 amide bonds. The zero-order valence-corrected chi connectivity index (χ0v) is 19.3. The highest BCUT2D eigenvalue weighted by atomic mass is 32.2. The molecule has 3 aromatic carbocycles. The monoisotopic (exact) mass is 442 g/mol. The largest absolute Gasteiger partial charge is 0.345 e. The van der Waals surface area contributed by atoms with E-state index in [0.29, 0.717) is 17.9 Å². The highest BCUT2D eigenvalue weighted by molar-refractivity contribution is 7.98. The number of thioether (sulfide) groups is 1. The molecule has 0 bridgehead atoms. The van der Waals surface area contributed by atoms with Gasteiger partial charge in [-0.2, -0.15) is 0 Å². The number of hydrogen-bond acceptors (Lipinski definition) is 4. The molecule has 4 aromatic rings. The summed E-state index contributed by atoms with van der Waals surface area (Å²) < 4.78 is 2.03. The third-order valence-corrected chi connectivity index (χ3v) is 6.24. The second-order valence-electron chi connectivity index (χ2n) is 7.85. The van der Waals surface area contributed by atoms with Crippen molar-refractivity contribution >= 4 is 17.7 Å². The van der Waals surface area contributed by atoms with E-state index in [4.69, 9.17) is 0 Å². The fourth-order valence-electron chi connectivity index (χ4n) is 3.49. The van der Waals surface area contributed by atoms with Gasteiger partial charge in [-0.25, -0.2) is 0 Å². The van der Waals surface area contributed by atoms with Crippen molar-refractivity contribution in [2.45, 2.75) is 38.2 Å². The number of carbonyl (C=O) groups is 1. The molecule has 5 nitrogen and oxygen atoms in total. The van der Waals surface area contributed by atoms with Crippen LogP contribution in [0.2, 0.25) is 0 Å². The SMILES string of the molecule is Cc1ccc(-n2c(CNC(=O)c3ccccc3C)nnc2SCc2cccc(C)c2)cc1. The molecule has 0 unspecified atom stereocenters. The van der Waals surface area contributed by atoms with Crippen molar-refractivity contribution < 1.29 is 4.79 Å². The summed E-state index contributed by atoms with van der Waals surface area (Å²) in [5, 5.41) is 12.7. The maximum atomic E-state index is 12.7. The molecule has 1 aromatic heterocycles. The van der Waals surface area contributed by atoms with Crippen LogP contribution in [0.5, 0.6) is 0 Å². The Morgan fingerprint density at radius 1 is 0.906 bits per heavy atom. The molecular weight excluding hydrogens is 416 g/mol. The highest BCUT2D eigenvalue weighted by Crippen LogP contribution is 2.26. The molecule has 0 fully saturated rings. The predicted octanol–water partition coefficient (Wildman–Crippen LogP) is 5.41. The topological polar surface area (TPSA) is 59.8 Å². The Hall–Kier alpha value is -3.38. The quantitative estimate of drug-likeness (QED) is 0.389. The zero-order valence-electron chi connectivity index (χ0n) is 18.5. The fraction of sp³-hybridized carbons (Fsp3) is 0.192. The summed E-state index contributed by atoms with van der Waals surface area (Å²) in [4.78, 5) is 12.7. The number of aromatic nitrogens is 3. The average Bonchev–Trinajstić information content (AvgIpc) is 3.20. The van der Waals surface area contributed by atoms with Crippen LogP contribution in [0.15, 0.2) is 78.0 Å². The molecule has 0 aliphatic rings. The average molecular weight is 443 g/mol. The first kappa shape index (κ1) is 21.8. The number of rotatable bonds is 7. The van der Waals surface area contributed by atoms with E-state index in [9.17, 15) is 4.79 Å². The first-order chi connectivity index (χ1) is 15.5. The summed E-state index contributed by atoms with van der Waals surface area (Å²) >= 11 is 1.64. The van der Waals surface area contributed by atoms with Gasteiger partial charge < -0.3 is 5.32 Å². The van der Waals surface area contributed by atoms with Crippen molar-refractivity contribution in [3.05, 3.63) is 106 Å². The number of nitrogens with zero attached hydrogens (tertiary/aromatic N) is 3. The van der Waals surface area contributed by atoms with Gasteiger partial charge in [0, 0.05) is 17.0 Å². The van der Waals surface area contributed by atoms with Crippen LogP contribution in [0.4, 0.5) is 0 Å². The molecule has 0 atom stereocenters. The summed E-state index contributed by atoms with van der Waals surface area (Å²) in [5.41, 5.74) is 6.26. The van der Waals surface area contributed by atoms with E-state index in [1.54, 1.807) is 11.8 Å². The Morgan fingerprint density at radius 3 is 2.44 bits per heavy atom. The Labute approximate surface area is 192 Å². The van der Waals surface area contributed by atoms with Gasteiger partial charge in [0.15, 0.2) is 11.0 Å². The second kappa shape index (κ2) is 9.83. The minimum Gasteiger partial charge on any atom is -0.345 e. The third-order valence-electron chi connectivity index (χ3n) is 5.24. The van der Waals surface area contributed by atoms with E-state index >= 15 is 0 Å². The lowest BCUT2D eigenvalue weighted by molar-refractivity contribution is 0.0949. The van der Waals surface area contributed by atoms with Crippen LogP contribution in [0.3, 0.4) is 0 Å². The molecule has 0 aliphatic carbocycles. The lowest BCUT2D eigenvalue weighted by Gasteiger charge is -2.12. The van der Waals surface area contributed by atoms with E-state index < -0.39 is 0 Å². The summed E-state index contributed by atoms with van der Waals surface area (Å²) in [6.45, 7) is 6.38. The molecular formula is C26H26N4OS. The van der Waals surface area contributed by atoms with Crippen LogP contribution >= 0.6 is 11.8 Å². The van der Waals surface area contributed by atoms with E-state index in [0.717, 1.165) is 22.2 Å². The minimum absolute atomic E-state index is 0.115. The highest BCUT2D eigenvalue weighted by Gasteiger charge is 2.16. The summed E-state index contributed by atoms with van der Waals surface area (Å²) in [6, 6.07) is 24.3. The summed E-state index contributed by atoms with van der Waals surface area (Å²) in [5.74, 6) is 1.37. The maximum Gasteiger partial charge on any atom is 0.251 e. The number of aryl methyl sites for hydroxylation is 3. The number of hydrogen-bond donors (Lipinski definition) is 1. The zero-order chi connectivity index (χ0) is 22.5. The van der Waals surface area contributed by atoms with Gasteiger partial charge in [-0.1, -0.05) is 77.5 Å². The van der Waals surface area contributed by atoms with Crippen molar-refractivity contribution in [2.24, 2.45) is 0 Å². The number of nitrogens with one attached hydrogen (secondary N) is 1. The Kier molecular flexibility index (Phi) is 6.71. The molecule has 0 saturated carbocycles. The van der Waals surface area contributed by atoms with Crippen molar-refractivity contribution in [2.75, 3.05) is 0 Å². The van der Waals surface area contributed by atoms with Crippen molar-refractivity contribution in [1.82, 2.24) is 20.1 Å². The van der Waals surface area contributed by atoms with Crippen LogP contribution in [-0.4, -0.2) is 20.7 Å². The van der Waals surface area contributed by atoms with Gasteiger partial charge in [-0.3, -0.25) is 9.36 Å². The second-order valence-corrected chi connectivity index (χ2v) is 8.79. The number of carbonyl (C=O) groups excluding carboxylic acids is 1. The Morgan fingerprint density at radius 2 is 1.69 bits per heavy atom. The van der Waals surface area contributed by atoms with Gasteiger partial charge in [-0.15, -0.1) is 10.2 Å². The molecule has 0 radical (unpaired) electrons. The van der Waals surface area contributed by atoms with Crippen LogP contribution in [0, 0.1) is 20.8 Å². The maximum absolute atomic E-state index is 12.7. The van der Waals surface area contributed by atoms with E-state index in [-0.39, 0.29) is 5.91 Å². The molecule has 162 valence electrons. The molecule has 1 heterocycles. The third kappa shape index (κ3) is 5.08. The lowest BCUT2D eigenvalue weighted by atomic mass is 10.1. The smallest absolute Gasteiger partial charge is 0.251 e. The first-order valence-electron chi connectivity index (χ1n) is 10.5. The normalized spacial score (nSPS) is 10.8. The van der Waals surface area contributed by atoms with Crippen molar-refractivity contribution in [3.8, 4) is 5.69 Å². The summed E-state index contributed by atoms with van der Waals surface area (Å²) in [7, 11) is 0. The van der Waals surface area contributed by atoms with Gasteiger partial charge in [0.05, 0.1) is 6.54 Å². The predicted molar refractivity (Wildman–Crippen MR) is 129 cm³/mol. The minimum atomic E-state index is -0.115. The van der Waals surface area contributed by atoms with Crippen molar-refractivity contribution in [1.29, 1.82) is 0 Å². The van der Waals surface area contributed by atoms with Gasteiger partial charge in [-0.05, 0) is 50.1 Å². The molecule has 1 N–H and O–H groups in total. The van der Waals surface area contributed by atoms with Gasteiger partial charge in [0.2, 0.25) is 0 Å². The van der Waals surface area contributed by atoms with E-state index in [1.165, 1.54) is 16.7 Å². The van der Waals surface area contributed by atoms with Crippen LogP contribution in [0.25, 0.3) is 5.69 Å². The van der Waals surface area contributed by atoms with Gasteiger partial charge in [0.25, 0.3) is 5.91 Å². The fourth-order valence-corrected chi connectivity index (χ4v) is 4.41. The Balaban J connectivity index is 1.58. The first-order valence-corrected chi connectivity index (χ1v) is 11.5. The van der Waals surface area contributed by atoms with Crippen LogP contribution < -0.4 is 5.32 Å². The number of benzene rings is 3. The summed E-state index contributed by atoms with van der Waals surface area (Å²) in [6.07, 6.45) is 0. The molecule has 0 aliphatic heterocycles. The van der Waals surface area contributed by atoms with E-state index in [2.05, 4.69) is 77.9 Å². The van der Waals surface area contributed by atoms with Crippen molar-refractivity contribution in [3.63, 3.8) is 0 Å². The lowest BCUT2D eigenvalue weighted by Crippen LogP contribution is -2.25. The molecule has 0 saturated heterocycles. The van der Waals surface area contributed by atoms with Crippen LogP contribution in [0.1, 0.15) is 38.4 Å². The molecule has 0 spiro atoms. The van der Waals surface area contributed by atoms with Gasteiger partial charge >= 0.3 is 0 Å². The standard InChI is InChI=1S/C26H26N4OS/c1-18-11-13-22(14-12-18)30-24(16-27-25(31)23-10-5-4-8-20(23)3)28-29-26(30)32-17-21-9-6-7-19(2)15-21/h4-15H,16-17H2,1-3H3,(H,27,31).